The Morgan fingerprint density at radius 2 is 1.34 bits per heavy atom. The van der Waals surface area contributed by atoms with Gasteiger partial charge in [0.1, 0.15) is 0 Å². The molecule has 2 aromatic carbocycles. The van der Waals surface area contributed by atoms with Gasteiger partial charge in [0.05, 0.1) is 0 Å². The summed E-state index contributed by atoms with van der Waals surface area (Å²) < 4.78 is 0. The second-order valence-electron chi connectivity index (χ2n) is 11.9. The molecule has 0 radical (unpaired) electrons. The maximum absolute atomic E-state index is 5.25. The Labute approximate surface area is 196 Å². The molecule has 0 amide bonds. The van der Waals surface area contributed by atoms with Gasteiger partial charge in [-0.15, -0.1) is 0 Å². The molecular weight excluding hydrogens is 386 g/mol. The summed E-state index contributed by atoms with van der Waals surface area (Å²) in [6.07, 6.45) is 1.91. The monoisotopic (exact) mass is 427 g/mol. The number of aryl methyl sites for hydroxylation is 2. The molecule has 170 valence electrons. The number of rotatable bonds is 6. The predicted molar refractivity (Wildman–Crippen MR) is 139 cm³/mol. The van der Waals surface area contributed by atoms with Crippen LogP contribution < -0.4 is 0 Å². The number of nitrogens with zero attached hydrogens (tertiary/aromatic N) is 1. The molecule has 1 nitrogen and oxygen atoms in total. The van der Waals surface area contributed by atoms with Gasteiger partial charge in [-0.1, -0.05) is 103 Å². The topological polar surface area (TPSA) is 12.9 Å². The fourth-order valence-corrected chi connectivity index (χ4v) is 4.97. The van der Waals surface area contributed by atoms with Crippen molar-refractivity contribution in [2.75, 3.05) is 0 Å². The molecule has 0 N–H and O–H groups in total. The Balaban J connectivity index is 1.90. The molecule has 0 aliphatic carbocycles. The first-order valence-electron chi connectivity index (χ1n) is 11.9. The molecule has 1 aromatic heterocycles. The zero-order chi connectivity index (χ0) is 23.7. The third-order valence-corrected chi connectivity index (χ3v) is 6.73. The van der Waals surface area contributed by atoms with E-state index in [9.17, 15) is 0 Å². The smallest absolute Gasteiger partial charge is 0.0495 e. The van der Waals surface area contributed by atoms with E-state index in [1.54, 1.807) is 0 Å². The van der Waals surface area contributed by atoms with E-state index in [-0.39, 0.29) is 16.2 Å². The minimum Gasteiger partial charge on any atom is -0.257 e. The second-order valence-corrected chi connectivity index (χ2v) is 11.9. The van der Waals surface area contributed by atoms with Gasteiger partial charge in [0.25, 0.3) is 0 Å². The third-order valence-electron chi connectivity index (χ3n) is 6.73. The molecule has 0 aliphatic heterocycles. The van der Waals surface area contributed by atoms with Crippen LogP contribution in [0.1, 0.15) is 87.7 Å². The molecule has 0 spiro atoms. The first-order valence-corrected chi connectivity index (χ1v) is 11.9. The summed E-state index contributed by atoms with van der Waals surface area (Å²) in [5.41, 5.74) is 9.37. The van der Waals surface area contributed by atoms with Crippen molar-refractivity contribution < 1.29 is 0 Å². The minimum absolute atomic E-state index is 0.0378. The molecule has 3 rings (SSSR count). The van der Waals surface area contributed by atoms with E-state index in [1.165, 1.54) is 39.2 Å². The van der Waals surface area contributed by atoms with Crippen molar-refractivity contribution in [1.29, 1.82) is 0 Å². The first-order chi connectivity index (χ1) is 14.8. The Bertz CT molecular complexity index is 1080. The van der Waals surface area contributed by atoms with Crippen molar-refractivity contribution in [3.63, 3.8) is 0 Å². The molecule has 0 unspecified atom stereocenters. The Morgan fingerprint density at radius 1 is 0.656 bits per heavy atom. The van der Waals surface area contributed by atoms with Gasteiger partial charge in [-0.2, -0.15) is 0 Å². The van der Waals surface area contributed by atoms with Crippen LogP contribution in [0.5, 0.6) is 0 Å². The zero-order valence-corrected chi connectivity index (χ0v) is 21.6. The van der Waals surface area contributed by atoms with Crippen molar-refractivity contribution in [3.05, 3.63) is 99.9 Å². The molecule has 0 saturated heterocycles. The van der Waals surface area contributed by atoms with Crippen LogP contribution in [0.15, 0.2) is 60.7 Å². The number of hydrogen-bond donors (Lipinski definition) is 0. The van der Waals surface area contributed by atoms with Crippen molar-refractivity contribution >= 4 is 0 Å². The summed E-state index contributed by atoms with van der Waals surface area (Å²) in [5, 5.41) is 0. The molecular formula is C31H41N. The summed E-state index contributed by atoms with van der Waals surface area (Å²) >= 11 is 0. The van der Waals surface area contributed by atoms with Gasteiger partial charge in [0.2, 0.25) is 0 Å². The van der Waals surface area contributed by atoms with Crippen LogP contribution in [0.25, 0.3) is 0 Å². The number of pyridine rings is 1. The SMILES string of the molecule is Cc1ccccc1C(C)(C)Cc1ccc(C)c(C(C)(C)Cc2cccc(C(C)(C)C)c2)n1. The lowest BCUT2D eigenvalue weighted by Crippen LogP contribution is -2.26. The van der Waals surface area contributed by atoms with Crippen LogP contribution in [0.2, 0.25) is 0 Å². The van der Waals surface area contributed by atoms with Gasteiger partial charge < -0.3 is 0 Å². The number of hydrogen-bond acceptors (Lipinski definition) is 1. The van der Waals surface area contributed by atoms with Gasteiger partial charge in [-0.05, 0) is 71.4 Å². The zero-order valence-electron chi connectivity index (χ0n) is 21.6. The molecule has 0 bridgehead atoms. The Kier molecular flexibility index (Phi) is 6.70. The largest absolute Gasteiger partial charge is 0.257 e. The third kappa shape index (κ3) is 5.49. The van der Waals surface area contributed by atoms with Crippen LogP contribution >= 0.6 is 0 Å². The van der Waals surface area contributed by atoms with Crippen LogP contribution in [0, 0.1) is 13.8 Å². The summed E-state index contributed by atoms with van der Waals surface area (Å²) in [6, 6.07) is 22.3. The minimum atomic E-state index is -0.0383. The average Bonchev–Trinajstić information content (AvgIpc) is 2.68. The second kappa shape index (κ2) is 8.85. The predicted octanol–water partition coefficient (Wildman–Crippen LogP) is 8.04. The standard InChI is InChI=1S/C31H41N/c1-22-13-10-11-16-27(22)30(6,7)21-26-18-17-23(2)28(32-26)31(8,9)20-24-14-12-15-25(19-24)29(3,4)5/h10-19H,20-21H2,1-9H3. The van der Waals surface area contributed by atoms with Crippen molar-refractivity contribution in [2.24, 2.45) is 0 Å². The highest BCUT2D eigenvalue weighted by atomic mass is 14.7. The van der Waals surface area contributed by atoms with E-state index in [0.29, 0.717) is 0 Å². The number of aromatic nitrogens is 1. The lowest BCUT2D eigenvalue weighted by molar-refractivity contribution is 0.483. The van der Waals surface area contributed by atoms with Gasteiger partial charge in [-0.3, -0.25) is 4.98 Å². The molecule has 0 fully saturated rings. The van der Waals surface area contributed by atoms with E-state index in [1.807, 2.05) is 0 Å². The van der Waals surface area contributed by atoms with Gasteiger partial charge in [-0.25, -0.2) is 0 Å². The molecule has 32 heavy (non-hydrogen) atoms. The quantitative estimate of drug-likeness (QED) is 0.388. The summed E-state index contributed by atoms with van der Waals surface area (Å²) in [4.78, 5) is 5.25. The summed E-state index contributed by atoms with van der Waals surface area (Å²) in [5.74, 6) is 0. The normalized spacial score (nSPS) is 12.8. The Hall–Kier alpha value is -2.41. The number of benzene rings is 2. The van der Waals surface area contributed by atoms with E-state index < -0.39 is 0 Å². The van der Waals surface area contributed by atoms with E-state index in [2.05, 4.69) is 123 Å². The molecule has 3 aromatic rings. The summed E-state index contributed by atoms with van der Waals surface area (Å²) in [6.45, 7) is 20.6. The molecule has 0 atom stereocenters. The van der Waals surface area contributed by atoms with Crippen molar-refractivity contribution in [1.82, 2.24) is 4.98 Å². The van der Waals surface area contributed by atoms with Gasteiger partial charge >= 0.3 is 0 Å². The fraction of sp³-hybridized carbons (Fsp3) is 0.452. The maximum atomic E-state index is 5.25. The van der Waals surface area contributed by atoms with Crippen molar-refractivity contribution in [2.45, 2.75) is 91.4 Å². The Morgan fingerprint density at radius 3 is 2.00 bits per heavy atom. The first kappa shape index (κ1) is 24.2. The molecule has 1 heteroatoms. The van der Waals surface area contributed by atoms with Crippen LogP contribution in [-0.2, 0) is 29.1 Å². The highest BCUT2D eigenvalue weighted by Crippen LogP contribution is 2.33. The molecule has 0 saturated carbocycles. The average molecular weight is 428 g/mol. The highest BCUT2D eigenvalue weighted by Gasteiger charge is 2.28. The lowest BCUT2D eigenvalue weighted by Gasteiger charge is -2.30. The summed E-state index contributed by atoms with van der Waals surface area (Å²) in [7, 11) is 0. The molecule has 0 aliphatic rings. The van der Waals surface area contributed by atoms with Gasteiger partial charge in [0, 0.05) is 16.8 Å². The van der Waals surface area contributed by atoms with Crippen LogP contribution in [-0.4, -0.2) is 4.98 Å². The van der Waals surface area contributed by atoms with E-state index >= 15 is 0 Å². The van der Waals surface area contributed by atoms with E-state index in [4.69, 9.17) is 4.98 Å². The van der Waals surface area contributed by atoms with Crippen LogP contribution in [0.3, 0.4) is 0 Å². The molecule has 1 heterocycles. The maximum Gasteiger partial charge on any atom is 0.0495 e. The van der Waals surface area contributed by atoms with Crippen molar-refractivity contribution in [3.8, 4) is 0 Å². The van der Waals surface area contributed by atoms with Crippen LogP contribution in [0.4, 0.5) is 0 Å². The fourth-order valence-electron chi connectivity index (χ4n) is 4.97. The highest BCUT2D eigenvalue weighted by molar-refractivity contribution is 5.36. The lowest BCUT2D eigenvalue weighted by atomic mass is 9.77. The van der Waals surface area contributed by atoms with E-state index in [0.717, 1.165) is 12.8 Å². The van der Waals surface area contributed by atoms with Gasteiger partial charge in [0.15, 0.2) is 0 Å².